The van der Waals surface area contributed by atoms with Crippen LogP contribution in [-0.2, 0) is 0 Å². The van der Waals surface area contributed by atoms with Crippen molar-refractivity contribution in [1.29, 1.82) is 0 Å². The molecule has 12 aromatic rings. The van der Waals surface area contributed by atoms with Gasteiger partial charge in [-0.15, -0.1) is 11.3 Å². The minimum absolute atomic E-state index is 0.929. The first-order valence-electron chi connectivity index (χ1n) is 20.1. The minimum Gasteiger partial charge on any atom is -0.455 e. The molecule has 0 fully saturated rings. The number of thiophene rings is 1. The molecular weight excluding hydrogens is 735 g/mol. The lowest BCUT2D eigenvalue weighted by atomic mass is 9.97. The molecule has 3 heteroatoms. The monoisotopic (exact) mass is 769 g/mol. The molecule has 12 rings (SSSR count). The van der Waals surface area contributed by atoms with Crippen LogP contribution in [0.5, 0.6) is 0 Å². The summed E-state index contributed by atoms with van der Waals surface area (Å²) < 4.78 is 9.41. The third-order valence-corrected chi connectivity index (χ3v) is 13.0. The molecule has 0 aliphatic carbocycles. The number of benzene rings is 10. The van der Waals surface area contributed by atoms with Crippen molar-refractivity contribution in [1.82, 2.24) is 0 Å². The Balaban J connectivity index is 0.951. The lowest BCUT2D eigenvalue weighted by Gasteiger charge is -2.26. The SMILES string of the molecule is c1ccc(-c2ccc(N(c3ccc(-c4cccc5ccccc45)cc3)c3ccc4cc(-c5cccc6c5oc5c6ccc6sc7ccccc7c65)ccc4c3)cc2)cc1. The van der Waals surface area contributed by atoms with Gasteiger partial charge in [0.05, 0.1) is 0 Å². The van der Waals surface area contributed by atoms with Crippen molar-refractivity contribution >= 4 is 92.1 Å². The number of fused-ring (bicyclic) bond motifs is 9. The van der Waals surface area contributed by atoms with E-state index in [-0.39, 0.29) is 0 Å². The Labute approximate surface area is 345 Å². The molecule has 0 amide bonds. The first kappa shape index (κ1) is 33.7. The van der Waals surface area contributed by atoms with Gasteiger partial charge in [0.2, 0.25) is 0 Å². The maximum absolute atomic E-state index is 6.87. The van der Waals surface area contributed by atoms with Crippen LogP contribution in [0.3, 0.4) is 0 Å². The highest BCUT2D eigenvalue weighted by Crippen LogP contribution is 2.45. The van der Waals surface area contributed by atoms with Crippen molar-refractivity contribution in [3.8, 4) is 33.4 Å². The van der Waals surface area contributed by atoms with Crippen LogP contribution in [0.25, 0.3) is 97.0 Å². The highest BCUT2D eigenvalue weighted by molar-refractivity contribution is 7.26. The van der Waals surface area contributed by atoms with Gasteiger partial charge in [-0.05, 0) is 110 Å². The van der Waals surface area contributed by atoms with Crippen LogP contribution >= 0.6 is 11.3 Å². The van der Waals surface area contributed by atoms with Gasteiger partial charge in [-0.3, -0.25) is 0 Å². The molecule has 0 radical (unpaired) electrons. The number of anilines is 3. The third-order valence-electron chi connectivity index (χ3n) is 11.9. The molecule has 0 unspecified atom stereocenters. The molecule has 0 saturated carbocycles. The predicted molar refractivity (Wildman–Crippen MR) is 253 cm³/mol. The molecule has 0 aliphatic heterocycles. The van der Waals surface area contributed by atoms with E-state index < -0.39 is 0 Å². The fourth-order valence-corrected chi connectivity index (χ4v) is 10.1. The minimum atomic E-state index is 0.929. The van der Waals surface area contributed by atoms with Gasteiger partial charge in [0, 0.05) is 53.6 Å². The smallest absolute Gasteiger partial charge is 0.144 e. The van der Waals surface area contributed by atoms with E-state index in [1.54, 1.807) is 0 Å². The number of nitrogens with zero attached hydrogens (tertiary/aromatic N) is 1. The average Bonchev–Trinajstić information content (AvgIpc) is 3.88. The van der Waals surface area contributed by atoms with Gasteiger partial charge in [0.15, 0.2) is 0 Å². The highest BCUT2D eigenvalue weighted by Gasteiger charge is 2.19. The van der Waals surface area contributed by atoms with Gasteiger partial charge in [-0.25, -0.2) is 0 Å². The lowest BCUT2D eigenvalue weighted by Crippen LogP contribution is -2.09. The Bertz CT molecular complexity index is 3540. The number of para-hydroxylation sites is 1. The molecule has 59 heavy (non-hydrogen) atoms. The van der Waals surface area contributed by atoms with Crippen molar-refractivity contribution in [2.24, 2.45) is 0 Å². The normalized spacial score (nSPS) is 11.7. The largest absolute Gasteiger partial charge is 0.455 e. The number of furan rings is 1. The van der Waals surface area contributed by atoms with E-state index in [0.29, 0.717) is 0 Å². The summed E-state index contributed by atoms with van der Waals surface area (Å²) in [7, 11) is 0. The molecule has 276 valence electrons. The van der Waals surface area contributed by atoms with Crippen LogP contribution in [0.2, 0.25) is 0 Å². The molecule has 0 bridgehead atoms. The van der Waals surface area contributed by atoms with Crippen molar-refractivity contribution in [2.75, 3.05) is 4.90 Å². The first-order valence-corrected chi connectivity index (χ1v) is 20.9. The van der Waals surface area contributed by atoms with Crippen LogP contribution in [0.1, 0.15) is 0 Å². The zero-order chi connectivity index (χ0) is 38.9. The Hall–Kier alpha value is -7.46. The summed E-state index contributed by atoms with van der Waals surface area (Å²) in [5.74, 6) is 0. The molecule has 0 aliphatic rings. The first-order chi connectivity index (χ1) is 29.2. The van der Waals surface area contributed by atoms with Gasteiger partial charge in [0.1, 0.15) is 11.2 Å². The summed E-state index contributed by atoms with van der Waals surface area (Å²) in [6.07, 6.45) is 0. The zero-order valence-corrected chi connectivity index (χ0v) is 32.8. The fraction of sp³-hybridized carbons (Fsp3) is 0. The second kappa shape index (κ2) is 13.6. The molecular formula is C56H35NOS. The Morgan fingerprint density at radius 2 is 0.915 bits per heavy atom. The molecule has 10 aromatic carbocycles. The van der Waals surface area contributed by atoms with Crippen LogP contribution in [0, 0.1) is 0 Å². The summed E-state index contributed by atoms with van der Waals surface area (Å²) >= 11 is 1.82. The standard InChI is InChI=1S/C56H35NOS/c1-2-10-36(11-3-1)37-22-27-43(28-23-37)57(44-29-24-39(25-30-44)47-16-8-13-38-12-4-5-14-46(38)47)45-31-26-40-34-42(21-20-41(40)35-45)48-17-9-18-49-50-32-33-53-54(56(50)58-55(48)49)51-15-6-7-19-52(51)59-53/h1-35H. The maximum Gasteiger partial charge on any atom is 0.144 e. The number of hydrogen-bond donors (Lipinski definition) is 0. The Morgan fingerprint density at radius 3 is 1.76 bits per heavy atom. The quantitative estimate of drug-likeness (QED) is 0.167. The molecule has 0 saturated heterocycles. The number of rotatable bonds is 6. The van der Waals surface area contributed by atoms with E-state index in [0.717, 1.165) is 50.1 Å². The summed E-state index contributed by atoms with van der Waals surface area (Å²) in [5.41, 5.74) is 12.3. The average molecular weight is 770 g/mol. The van der Waals surface area contributed by atoms with Crippen molar-refractivity contribution in [3.05, 3.63) is 212 Å². The van der Waals surface area contributed by atoms with Gasteiger partial charge in [-0.1, -0.05) is 152 Å². The molecule has 0 spiro atoms. The zero-order valence-electron chi connectivity index (χ0n) is 32.0. The fourth-order valence-electron chi connectivity index (χ4n) is 8.98. The summed E-state index contributed by atoms with van der Waals surface area (Å²) in [5, 5.41) is 9.62. The van der Waals surface area contributed by atoms with Crippen LogP contribution in [0.4, 0.5) is 17.1 Å². The molecule has 0 atom stereocenters. The van der Waals surface area contributed by atoms with Gasteiger partial charge >= 0.3 is 0 Å². The van der Waals surface area contributed by atoms with Gasteiger partial charge < -0.3 is 9.32 Å². The lowest BCUT2D eigenvalue weighted by molar-refractivity contribution is 0.674. The van der Waals surface area contributed by atoms with E-state index in [1.165, 1.54) is 64.0 Å². The second-order valence-electron chi connectivity index (χ2n) is 15.3. The molecule has 2 aromatic heterocycles. The van der Waals surface area contributed by atoms with Crippen molar-refractivity contribution in [3.63, 3.8) is 0 Å². The van der Waals surface area contributed by atoms with Crippen LogP contribution in [0.15, 0.2) is 217 Å². The van der Waals surface area contributed by atoms with Gasteiger partial charge in [0.25, 0.3) is 0 Å². The molecule has 0 N–H and O–H groups in total. The van der Waals surface area contributed by atoms with E-state index in [1.807, 2.05) is 11.3 Å². The van der Waals surface area contributed by atoms with E-state index >= 15 is 0 Å². The van der Waals surface area contributed by atoms with Crippen LogP contribution in [-0.4, -0.2) is 0 Å². The van der Waals surface area contributed by atoms with E-state index in [4.69, 9.17) is 4.42 Å². The maximum atomic E-state index is 6.87. The molecule has 2 heterocycles. The number of hydrogen-bond acceptors (Lipinski definition) is 3. The van der Waals surface area contributed by atoms with E-state index in [2.05, 4.69) is 217 Å². The van der Waals surface area contributed by atoms with Crippen molar-refractivity contribution < 1.29 is 4.42 Å². The predicted octanol–water partition coefficient (Wildman–Crippen LogP) is 16.7. The topological polar surface area (TPSA) is 16.4 Å². The summed E-state index contributed by atoms with van der Waals surface area (Å²) in [6.45, 7) is 0. The third kappa shape index (κ3) is 5.62. The second-order valence-corrected chi connectivity index (χ2v) is 16.3. The van der Waals surface area contributed by atoms with Gasteiger partial charge in [-0.2, -0.15) is 0 Å². The molecule has 2 nitrogen and oxygen atoms in total. The van der Waals surface area contributed by atoms with E-state index in [9.17, 15) is 0 Å². The summed E-state index contributed by atoms with van der Waals surface area (Å²) in [6, 6.07) is 76.9. The Kier molecular flexibility index (Phi) is 7.75. The van der Waals surface area contributed by atoms with Crippen molar-refractivity contribution in [2.45, 2.75) is 0 Å². The highest BCUT2D eigenvalue weighted by atomic mass is 32.1. The van der Waals surface area contributed by atoms with Crippen LogP contribution < -0.4 is 4.90 Å². The Morgan fingerprint density at radius 1 is 0.322 bits per heavy atom. The summed E-state index contributed by atoms with van der Waals surface area (Å²) in [4.78, 5) is 2.36.